The summed E-state index contributed by atoms with van der Waals surface area (Å²) in [5.41, 5.74) is 4.93. The second-order valence-corrected chi connectivity index (χ2v) is 4.86. The molecular formula is C11H16F3N3O. The van der Waals surface area contributed by atoms with Gasteiger partial charge >= 0.3 is 6.18 Å². The Morgan fingerprint density at radius 1 is 1.50 bits per heavy atom. The number of aromatic nitrogens is 2. The predicted octanol–water partition coefficient (Wildman–Crippen LogP) is 2.54. The summed E-state index contributed by atoms with van der Waals surface area (Å²) in [5.74, 6) is -0.767. The van der Waals surface area contributed by atoms with Crippen LogP contribution in [0.25, 0.3) is 0 Å². The van der Waals surface area contributed by atoms with Gasteiger partial charge in [-0.3, -0.25) is 0 Å². The Hall–Kier alpha value is -1.11. The molecule has 1 fully saturated rings. The highest BCUT2D eigenvalue weighted by molar-refractivity contribution is 5.07. The number of rotatable bonds is 2. The van der Waals surface area contributed by atoms with Gasteiger partial charge in [0.25, 0.3) is 0 Å². The van der Waals surface area contributed by atoms with Gasteiger partial charge in [0.15, 0.2) is 5.82 Å². The number of nitrogens with zero attached hydrogens (tertiary/aromatic N) is 2. The van der Waals surface area contributed by atoms with Crippen molar-refractivity contribution in [1.82, 2.24) is 10.1 Å². The molecule has 18 heavy (non-hydrogen) atoms. The molecule has 1 aromatic heterocycles. The summed E-state index contributed by atoms with van der Waals surface area (Å²) in [6, 6.07) is 0. The van der Waals surface area contributed by atoms with Gasteiger partial charge in [0.05, 0.1) is 11.5 Å². The fourth-order valence-electron chi connectivity index (χ4n) is 2.39. The summed E-state index contributed by atoms with van der Waals surface area (Å²) in [5, 5.41) is 3.72. The first-order chi connectivity index (χ1) is 8.35. The molecule has 0 aromatic carbocycles. The van der Waals surface area contributed by atoms with Crippen LogP contribution in [0.15, 0.2) is 4.52 Å². The summed E-state index contributed by atoms with van der Waals surface area (Å²) in [4.78, 5) is 4.07. The zero-order chi connectivity index (χ0) is 13.4. The largest absolute Gasteiger partial charge is 0.391 e. The van der Waals surface area contributed by atoms with Gasteiger partial charge in [0, 0.05) is 6.42 Å². The number of halogens is 3. The second kappa shape index (κ2) is 4.53. The third kappa shape index (κ3) is 2.50. The molecule has 0 saturated heterocycles. The molecule has 102 valence electrons. The number of nitrogens with two attached hydrogens (primary N) is 1. The molecule has 1 aliphatic carbocycles. The monoisotopic (exact) mass is 263 g/mol. The van der Waals surface area contributed by atoms with E-state index in [-0.39, 0.29) is 18.7 Å². The topological polar surface area (TPSA) is 64.9 Å². The van der Waals surface area contributed by atoms with Crippen molar-refractivity contribution in [1.29, 1.82) is 0 Å². The van der Waals surface area contributed by atoms with E-state index in [2.05, 4.69) is 10.1 Å². The predicted molar refractivity (Wildman–Crippen MR) is 57.6 cm³/mol. The average molecular weight is 263 g/mol. The van der Waals surface area contributed by atoms with Gasteiger partial charge in [-0.25, -0.2) is 0 Å². The highest BCUT2D eigenvalue weighted by atomic mass is 19.4. The SMILES string of the molecule is CCc1nc(C2(N)CCCC(C(F)(F)F)C2)no1. The highest BCUT2D eigenvalue weighted by Gasteiger charge is 2.48. The van der Waals surface area contributed by atoms with Crippen LogP contribution < -0.4 is 5.73 Å². The van der Waals surface area contributed by atoms with Crippen LogP contribution in [0.5, 0.6) is 0 Å². The number of alkyl halides is 3. The summed E-state index contributed by atoms with van der Waals surface area (Å²) < 4.78 is 43.2. The standard InChI is InChI=1S/C11H16F3N3O/c1-2-8-16-9(17-18-8)10(15)5-3-4-7(6-10)11(12,13)14/h7H,2-6,15H2,1H3. The molecule has 2 atom stereocenters. The number of hydrogen-bond acceptors (Lipinski definition) is 4. The molecule has 2 N–H and O–H groups in total. The first-order valence-corrected chi connectivity index (χ1v) is 6.04. The van der Waals surface area contributed by atoms with Crippen molar-refractivity contribution in [3.8, 4) is 0 Å². The van der Waals surface area contributed by atoms with E-state index in [0.717, 1.165) is 0 Å². The fourth-order valence-corrected chi connectivity index (χ4v) is 2.39. The Morgan fingerprint density at radius 3 is 2.78 bits per heavy atom. The minimum absolute atomic E-state index is 0.126. The van der Waals surface area contributed by atoms with Crippen molar-refractivity contribution in [2.45, 2.75) is 50.7 Å². The van der Waals surface area contributed by atoms with Crippen LogP contribution in [0, 0.1) is 5.92 Å². The Morgan fingerprint density at radius 2 is 2.22 bits per heavy atom. The zero-order valence-electron chi connectivity index (χ0n) is 10.1. The summed E-state index contributed by atoms with van der Waals surface area (Å²) in [6.45, 7) is 1.83. The molecule has 0 radical (unpaired) electrons. The van der Waals surface area contributed by atoms with Crippen LogP contribution in [0.2, 0.25) is 0 Å². The van der Waals surface area contributed by atoms with Gasteiger partial charge in [-0.2, -0.15) is 18.2 Å². The minimum Gasteiger partial charge on any atom is -0.339 e. The maximum absolute atomic E-state index is 12.8. The van der Waals surface area contributed by atoms with E-state index in [9.17, 15) is 13.2 Å². The molecule has 2 unspecified atom stereocenters. The van der Waals surface area contributed by atoms with Crippen molar-refractivity contribution in [2.24, 2.45) is 11.7 Å². The lowest BCUT2D eigenvalue weighted by atomic mass is 9.75. The van der Waals surface area contributed by atoms with Crippen LogP contribution in [0.3, 0.4) is 0 Å². The van der Waals surface area contributed by atoms with Crippen LogP contribution in [-0.2, 0) is 12.0 Å². The molecule has 1 aliphatic rings. The lowest BCUT2D eigenvalue weighted by Crippen LogP contribution is -2.45. The first-order valence-electron chi connectivity index (χ1n) is 6.04. The van der Waals surface area contributed by atoms with Crippen molar-refractivity contribution in [2.75, 3.05) is 0 Å². The van der Waals surface area contributed by atoms with Crippen LogP contribution in [-0.4, -0.2) is 16.3 Å². The van der Waals surface area contributed by atoms with Crippen molar-refractivity contribution >= 4 is 0 Å². The fraction of sp³-hybridized carbons (Fsp3) is 0.818. The molecule has 0 amide bonds. The Balaban J connectivity index is 2.20. The molecule has 4 nitrogen and oxygen atoms in total. The van der Waals surface area contributed by atoms with E-state index >= 15 is 0 Å². The van der Waals surface area contributed by atoms with Crippen molar-refractivity contribution < 1.29 is 17.7 Å². The van der Waals surface area contributed by atoms with Crippen LogP contribution >= 0.6 is 0 Å². The van der Waals surface area contributed by atoms with E-state index in [1.165, 1.54) is 0 Å². The molecule has 7 heteroatoms. The molecule has 0 bridgehead atoms. The van der Waals surface area contributed by atoms with E-state index in [4.69, 9.17) is 10.3 Å². The molecule has 0 aliphatic heterocycles. The van der Waals surface area contributed by atoms with Gasteiger partial charge in [-0.1, -0.05) is 18.5 Å². The number of hydrogen-bond donors (Lipinski definition) is 1. The van der Waals surface area contributed by atoms with Gasteiger partial charge in [0.1, 0.15) is 0 Å². The maximum Gasteiger partial charge on any atom is 0.391 e. The molecule has 1 heterocycles. The molecule has 1 aromatic rings. The van der Waals surface area contributed by atoms with Gasteiger partial charge < -0.3 is 10.3 Å². The lowest BCUT2D eigenvalue weighted by Gasteiger charge is -2.36. The molecule has 2 rings (SSSR count). The van der Waals surface area contributed by atoms with E-state index in [0.29, 0.717) is 25.2 Å². The minimum atomic E-state index is -4.21. The second-order valence-electron chi connectivity index (χ2n) is 4.86. The van der Waals surface area contributed by atoms with E-state index < -0.39 is 17.6 Å². The van der Waals surface area contributed by atoms with E-state index in [1.807, 2.05) is 6.92 Å². The lowest BCUT2D eigenvalue weighted by molar-refractivity contribution is -0.187. The molecule has 0 spiro atoms. The van der Waals surface area contributed by atoms with Crippen LogP contribution in [0.4, 0.5) is 13.2 Å². The average Bonchev–Trinajstić information content (AvgIpc) is 2.77. The third-order valence-corrected chi connectivity index (χ3v) is 3.46. The Kier molecular flexibility index (Phi) is 3.35. The Bertz CT molecular complexity index is 418. The smallest absolute Gasteiger partial charge is 0.339 e. The van der Waals surface area contributed by atoms with Gasteiger partial charge in [0.2, 0.25) is 5.89 Å². The van der Waals surface area contributed by atoms with Crippen LogP contribution in [0.1, 0.15) is 44.3 Å². The summed E-state index contributed by atoms with van der Waals surface area (Å²) in [7, 11) is 0. The first kappa shape index (κ1) is 13.3. The zero-order valence-corrected chi connectivity index (χ0v) is 10.1. The number of aryl methyl sites for hydroxylation is 1. The Labute approximate surface area is 103 Å². The van der Waals surface area contributed by atoms with E-state index in [1.54, 1.807) is 0 Å². The molecule has 1 saturated carbocycles. The maximum atomic E-state index is 12.8. The van der Waals surface area contributed by atoms with Crippen molar-refractivity contribution in [3.05, 3.63) is 11.7 Å². The summed E-state index contributed by atoms with van der Waals surface area (Å²) in [6.07, 6.45) is -2.81. The third-order valence-electron chi connectivity index (χ3n) is 3.46. The summed E-state index contributed by atoms with van der Waals surface area (Å²) >= 11 is 0. The highest BCUT2D eigenvalue weighted by Crippen LogP contribution is 2.43. The van der Waals surface area contributed by atoms with Gasteiger partial charge in [-0.15, -0.1) is 0 Å². The quantitative estimate of drug-likeness (QED) is 0.890. The molecular weight excluding hydrogens is 247 g/mol. The van der Waals surface area contributed by atoms with Gasteiger partial charge in [-0.05, 0) is 19.3 Å². The normalized spacial score (nSPS) is 29.5. The van der Waals surface area contributed by atoms with Crippen molar-refractivity contribution in [3.63, 3.8) is 0 Å².